The molecule has 0 aliphatic heterocycles. The summed E-state index contributed by atoms with van der Waals surface area (Å²) in [5, 5.41) is 8.77. The number of primary amides is 1. The highest BCUT2D eigenvalue weighted by molar-refractivity contribution is 7.89. The Morgan fingerprint density at radius 2 is 1.96 bits per heavy atom. The lowest BCUT2D eigenvalue weighted by molar-refractivity contribution is -0.114. The molecule has 0 atom stereocenters. The Balaban J connectivity index is 2.09. The van der Waals surface area contributed by atoms with Crippen LogP contribution in [0.5, 0.6) is 0 Å². The van der Waals surface area contributed by atoms with Crippen LogP contribution in [-0.4, -0.2) is 14.3 Å². The van der Waals surface area contributed by atoms with Gasteiger partial charge in [-0.15, -0.1) is 0 Å². The van der Waals surface area contributed by atoms with Crippen molar-refractivity contribution in [2.24, 2.45) is 5.73 Å². The lowest BCUT2D eigenvalue weighted by Crippen LogP contribution is -2.22. The summed E-state index contributed by atoms with van der Waals surface area (Å²) in [5.41, 5.74) is 5.73. The molecule has 2 rings (SSSR count). The number of nitrogens with zero attached hydrogens (tertiary/aromatic N) is 1. The number of amides is 1. The highest BCUT2D eigenvalue weighted by atomic mass is 32.2. The van der Waals surface area contributed by atoms with E-state index in [-0.39, 0.29) is 22.8 Å². The summed E-state index contributed by atoms with van der Waals surface area (Å²) >= 11 is 0. The van der Waals surface area contributed by atoms with Gasteiger partial charge in [0.05, 0.1) is 11.4 Å². The molecule has 0 unspecified atom stereocenters. The van der Waals surface area contributed by atoms with Crippen LogP contribution in [0.25, 0.3) is 6.08 Å². The highest BCUT2D eigenvalue weighted by Crippen LogP contribution is 2.14. The maximum atomic E-state index is 12.2. The molecular weight excluding hydrogens is 330 g/mol. The molecule has 2 aromatic rings. The predicted molar refractivity (Wildman–Crippen MR) is 86.7 cm³/mol. The number of carbonyl (C=O) groups is 1. The molecular formula is C16H15N3O4S. The van der Waals surface area contributed by atoms with Crippen molar-refractivity contribution in [1.82, 2.24) is 4.72 Å². The van der Waals surface area contributed by atoms with Crippen molar-refractivity contribution >= 4 is 22.0 Å². The summed E-state index contributed by atoms with van der Waals surface area (Å²) in [6.45, 7) is 1.80. The van der Waals surface area contributed by atoms with Gasteiger partial charge in [-0.3, -0.25) is 4.79 Å². The molecule has 8 heteroatoms. The first kappa shape index (κ1) is 17.5. The van der Waals surface area contributed by atoms with E-state index in [1.165, 1.54) is 24.3 Å². The lowest BCUT2D eigenvalue weighted by atomic mass is 10.2. The van der Waals surface area contributed by atoms with Gasteiger partial charge >= 0.3 is 0 Å². The van der Waals surface area contributed by atoms with Crippen LogP contribution >= 0.6 is 0 Å². The van der Waals surface area contributed by atoms with Gasteiger partial charge in [-0.25, -0.2) is 13.1 Å². The highest BCUT2D eigenvalue weighted by Gasteiger charge is 2.14. The molecule has 0 spiro atoms. The number of nitrogens with one attached hydrogen (secondary N) is 1. The van der Waals surface area contributed by atoms with Crippen molar-refractivity contribution in [3.05, 3.63) is 59.1 Å². The number of benzene rings is 1. The Morgan fingerprint density at radius 1 is 1.29 bits per heavy atom. The number of nitriles is 1. The summed E-state index contributed by atoms with van der Waals surface area (Å²) in [6.07, 6.45) is 1.19. The molecule has 0 saturated carbocycles. The standard InChI is InChI=1S/C16H15N3O4S/c1-11-2-6-15(7-3-11)24(21,22)19-10-14-5-4-13(23-14)8-12(9-17)16(18)20/h2-8,19H,10H2,1H3,(H2,18,20)/b12-8-. The zero-order valence-electron chi connectivity index (χ0n) is 12.8. The summed E-state index contributed by atoms with van der Waals surface area (Å²) in [6, 6.07) is 11.1. The molecule has 0 bridgehead atoms. The maximum Gasteiger partial charge on any atom is 0.259 e. The lowest BCUT2D eigenvalue weighted by Gasteiger charge is -2.05. The molecule has 0 aliphatic rings. The quantitative estimate of drug-likeness (QED) is 0.605. The minimum absolute atomic E-state index is 0.0670. The SMILES string of the molecule is Cc1ccc(S(=O)(=O)NCc2ccc(/C=C(/C#N)C(N)=O)o2)cc1. The second-order valence-electron chi connectivity index (χ2n) is 4.98. The molecule has 0 fully saturated rings. The minimum Gasteiger partial charge on any atom is -0.460 e. The minimum atomic E-state index is -3.66. The van der Waals surface area contributed by atoms with E-state index in [0.717, 1.165) is 5.56 Å². The Labute approximate surface area is 139 Å². The third-order valence-corrected chi connectivity index (χ3v) is 4.54. The second-order valence-corrected chi connectivity index (χ2v) is 6.74. The third kappa shape index (κ3) is 4.32. The number of sulfonamides is 1. The number of hydrogen-bond donors (Lipinski definition) is 2. The van der Waals surface area contributed by atoms with Gasteiger partial charge in [-0.2, -0.15) is 5.26 Å². The molecule has 0 saturated heterocycles. The van der Waals surface area contributed by atoms with E-state index in [0.29, 0.717) is 5.76 Å². The van der Waals surface area contributed by atoms with Gasteiger partial charge in [0.1, 0.15) is 23.2 Å². The van der Waals surface area contributed by atoms with Crippen LogP contribution in [0.2, 0.25) is 0 Å². The number of furan rings is 1. The average Bonchev–Trinajstić information content (AvgIpc) is 2.98. The van der Waals surface area contributed by atoms with E-state index in [9.17, 15) is 13.2 Å². The van der Waals surface area contributed by atoms with Crippen molar-refractivity contribution in [2.45, 2.75) is 18.4 Å². The fourth-order valence-corrected chi connectivity index (χ4v) is 2.83. The van der Waals surface area contributed by atoms with E-state index >= 15 is 0 Å². The summed E-state index contributed by atoms with van der Waals surface area (Å²) in [5.74, 6) is -0.302. The van der Waals surface area contributed by atoms with Crippen LogP contribution in [0.15, 0.2) is 51.3 Å². The normalized spacial score (nSPS) is 11.9. The smallest absolute Gasteiger partial charge is 0.259 e. The summed E-state index contributed by atoms with van der Waals surface area (Å²) in [4.78, 5) is 11.1. The maximum absolute atomic E-state index is 12.2. The van der Waals surface area contributed by atoms with Crippen LogP contribution in [0, 0.1) is 18.3 Å². The van der Waals surface area contributed by atoms with Gasteiger partial charge in [0.15, 0.2) is 0 Å². The van der Waals surface area contributed by atoms with Crippen LogP contribution in [-0.2, 0) is 21.4 Å². The molecule has 1 aromatic carbocycles. The Morgan fingerprint density at radius 3 is 2.54 bits per heavy atom. The monoisotopic (exact) mass is 345 g/mol. The van der Waals surface area contributed by atoms with Crippen LogP contribution < -0.4 is 10.5 Å². The first-order valence-electron chi connectivity index (χ1n) is 6.88. The van der Waals surface area contributed by atoms with Crippen molar-refractivity contribution < 1.29 is 17.6 Å². The van der Waals surface area contributed by atoms with Gasteiger partial charge in [-0.1, -0.05) is 17.7 Å². The molecule has 1 aromatic heterocycles. The average molecular weight is 345 g/mol. The van der Waals surface area contributed by atoms with E-state index in [1.807, 2.05) is 6.92 Å². The number of nitrogens with two attached hydrogens (primary N) is 1. The molecule has 1 amide bonds. The van der Waals surface area contributed by atoms with E-state index in [4.69, 9.17) is 15.4 Å². The summed E-state index contributed by atoms with van der Waals surface area (Å²) in [7, 11) is -3.66. The fourth-order valence-electron chi connectivity index (χ4n) is 1.83. The number of aryl methyl sites for hydroxylation is 1. The molecule has 1 heterocycles. The molecule has 24 heavy (non-hydrogen) atoms. The Hall–Kier alpha value is -2.89. The molecule has 0 radical (unpaired) electrons. The number of carbonyl (C=O) groups excluding carboxylic acids is 1. The molecule has 7 nitrogen and oxygen atoms in total. The first-order chi connectivity index (χ1) is 11.3. The van der Waals surface area contributed by atoms with E-state index in [1.54, 1.807) is 24.3 Å². The summed E-state index contributed by atoms with van der Waals surface area (Å²) < 4.78 is 32.1. The zero-order valence-corrected chi connectivity index (χ0v) is 13.6. The predicted octanol–water partition coefficient (Wildman–Crippen LogP) is 1.46. The largest absolute Gasteiger partial charge is 0.460 e. The van der Waals surface area contributed by atoms with Gasteiger partial charge in [0.2, 0.25) is 10.0 Å². The van der Waals surface area contributed by atoms with Crippen molar-refractivity contribution in [3.63, 3.8) is 0 Å². The van der Waals surface area contributed by atoms with Gasteiger partial charge in [0.25, 0.3) is 5.91 Å². The number of hydrogen-bond acceptors (Lipinski definition) is 5. The van der Waals surface area contributed by atoms with Gasteiger partial charge < -0.3 is 10.2 Å². The van der Waals surface area contributed by atoms with Crippen LogP contribution in [0.1, 0.15) is 17.1 Å². The molecule has 124 valence electrons. The third-order valence-electron chi connectivity index (χ3n) is 3.12. The van der Waals surface area contributed by atoms with E-state index in [2.05, 4.69) is 4.72 Å². The van der Waals surface area contributed by atoms with Gasteiger partial charge in [-0.05, 0) is 31.2 Å². The Bertz CT molecular complexity index is 919. The topological polar surface area (TPSA) is 126 Å². The van der Waals surface area contributed by atoms with Gasteiger partial charge in [0, 0.05) is 6.08 Å². The molecule has 0 aliphatic carbocycles. The van der Waals surface area contributed by atoms with Crippen LogP contribution in [0.4, 0.5) is 0 Å². The molecule has 3 N–H and O–H groups in total. The van der Waals surface area contributed by atoms with Crippen molar-refractivity contribution in [2.75, 3.05) is 0 Å². The zero-order chi connectivity index (χ0) is 17.7. The van der Waals surface area contributed by atoms with Crippen molar-refractivity contribution in [3.8, 4) is 6.07 Å². The fraction of sp³-hybridized carbons (Fsp3) is 0.125. The Kier molecular flexibility index (Phi) is 5.18. The number of rotatable bonds is 6. The van der Waals surface area contributed by atoms with Crippen LogP contribution in [0.3, 0.4) is 0 Å². The second kappa shape index (κ2) is 7.12. The first-order valence-corrected chi connectivity index (χ1v) is 8.37. The van der Waals surface area contributed by atoms with Crippen molar-refractivity contribution in [1.29, 1.82) is 5.26 Å². The van der Waals surface area contributed by atoms with E-state index < -0.39 is 15.9 Å².